The fourth-order valence-electron chi connectivity index (χ4n) is 2.58. The first-order chi connectivity index (χ1) is 10.0. The Kier molecular flexibility index (Phi) is 4.74. The molecule has 7 nitrogen and oxygen atoms in total. The maximum Gasteiger partial charge on any atom is 0.337 e. The lowest BCUT2D eigenvalue weighted by Gasteiger charge is -2.16. The summed E-state index contributed by atoms with van der Waals surface area (Å²) in [6, 6.07) is 4.05. The molecule has 114 valence electrons. The fraction of sp³-hybridized carbons (Fsp3) is 0.500. The number of aliphatic hydroxyl groups is 1. The van der Waals surface area contributed by atoms with Gasteiger partial charge in [-0.2, -0.15) is 0 Å². The summed E-state index contributed by atoms with van der Waals surface area (Å²) in [6.45, 7) is 0.437. The number of hydrogen-bond donors (Lipinski definition) is 2. The zero-order valence-electron chi connectivity index (χ0n) is 11.7. The van der Waals surface area contributed by atoms with Crippen molar-refractivity contribution >= 4 is 17.3 Å². The number of nitrogens with zero attached hydrogens (tertiary/aromatic N) is 1. The molecule has 0 radical (unpaired) electrons. The lowest BCUT2D eigenvalue weighted by atomic mass is 10.1. The molecule has 2 N–H and O–H groups in total. The molecule has 0 saturated heterocycles. The molecule has 1 fully saturated rings. The highest BCUT2D eigenvalue weighted by Gasteiger charge is 2.26. The Morgan fingerprint density at radius 2 is 2.29 bits per heavy atom. The van der Waals surface area contributed by atoms with Crippen LogP contribution in [0, 0.1) is 16.0 Å². The number of carbonyl (C=O) groups excluding carboxylic acids is 1. The van der Waals surface area contributed by atoms with Crippen molar-refractivity contribution < 1.29 is 19.6 Å². The number of anilines is 1. The average Bonchev–Trinajstić information content (AvgIpc) is 2.89. The molecule has 0 amide bonds. The van der Waals surface area contributed by atoms with Crippen molar-refractivity contribution in [2.75, 3.05) is 19.0 Å². The summed E-state index contributed by atoms with van der Waals surface area (Å²) in [4.78, 5) is 22.0. The third kappa shape index (κ3) is 3.49. The van der Waals surface area contributed by atoms with Gasteiger partial charge in [0.05, 0.1) is 23.7 Å². The number of hydrogen-bond acceptors (Lipinski definition) is 6. The Labute approximate surface area is 122 Å². The van der Waals surface area contributed by atoms with E-state index < -0.39 is 10.9 Å². The predicted molar refractivity (Wildman–Crippen MR) is 76.3 cm³/mol. The Balaban J connectivity index is 2.18. The highest BCUT2D eigenvalue weighted by molar-refractivity contribution is 5.91. The predicted octanol–water partition coefficient (Wildman–Crippen LogP) is 1.95. The van der Waals surface area contributed by atoms with E-state index >= 15 is 0 Å². The van der Waals surface area contributed by atoms with Gasteiger partial charge in [-0.1, -0.05) is 6.42 Å². The van der Waals surface area contributed by atoms with Gasteiger partial charge in [0, 0.05) is 18.5 Å². The molecule has 1 aliphatic rings. The summed E-state index contributed by atoms with van der Waals surface area (Å²) in [5, 5.41) is 23.8. The summed E-state index contributed by atoms with van der Waals surface area (Å²) in [5.74, 6) is -0.472. The molecular formula is C14H18N2O5. The number of carbonyl (C=O) groups is 1. The molecule has 1 saturated carbocycles. The van der Waals surface area contributed by atoms with Crippen LogP contribution in [0.3, 0.4) is 0 Å². The van der Waals surface area contributed by atoms with Crippen LogP contribution in [0.25, 0.3) is 0 Å². The highest BCUT2D eigenvalue weighted by Crippen LogP contribution is 2.29. The van der Waals surface area contributed by atoms with Gasteiger partial charge in [0.1, 0.15) is 5.69 Å². The Hall–Kier alpha value is -2.15. The molecule has 1 aromatic rings. The van der Waals surface area contributed by atoms with E-state index in [9.17, 15) is 20.0 Å². The minimum atomic E-state index is -0.547. The number of rotatable bonds is 5. The number of benzene rings is 1. The minimum absolute atomic E-state index is 0.0754. The molecule has 2 atom stereocenters. The number of esters is 1. The summed E-state index contributed by atoms with van der Waals surface area (Å²) in [5.41, 5.74) is 0.412. The Morgan fingerprint density at radius 3 is 2.86 bits per heavy atom. The van der Waals surface area contributed by atoms with Crippen LogP contribution in [0.15, 0.2) is 18.2 Å². The zero-order valence-corrected chi connectivity index (χ0v) is 11.7. The Morgan fingerprint density at radius 1 is 1.52 bits per heavy atom. The van der Waals surface area contributed by atoms with Crippen molar-refractivity contribution in [3.8, 4) is 0 Å². The van der Waals surface area contributed by atoms with Crippen LogP contribution in [0.1, 0.15) is 29.6 Å². The number of ether oxygens (including phenoxy) is 1. The topological polar surface area (TPSA) is 102 Å². The molecule has 21 heavy (non-hydrogen) atoms. The van der Waals surface area contributed by atoms with Gasteiger partial charge in [0.15, 0.2) is 0 Å². The molecular weight excluding hydrogens is 276 g/mol. The lowest BCUT2D eigenvalue weighted by molar-refractivity contribution is -0.384. The molecule has 0 heterocycles. The van der Waals surface area contributed by atoms with Gasteiger partial charge in [-0.15, -0.1) is 0 Å². The van der Waals surface area contributed by atoms with Crippen LogP contribution in [-0.4, -0.2) is 35.8 Å². The van der Waals surface area contributed by atoms with Crippen molar-refractivity contribution in [3.05, 3.63) is 33.9 Å². The minimum Gasteiger partial charge on any atom is -0.465 e. The quantitative estimate of drug-likeness (QED) is 0.489. The number of nitrogens with one attached hydrogen (secondary N) is 1. The zero-order chi connectivity index (χ0) is 15.4. The van der Waals surface area contributed by atoms with Crippen molar-refractivity contribution in [2.24, 2.45) is 5.92 Å². The maximum absolute atomic E-state index is 11.5. The second-order valence-electron chi connectivity index (χ2n) is 5.12. The van der Waals surface area contributed by atoms with Crippen molar-refractivity contribution in [1.82, 2.24) is 0 Å². The first-order valence-corrected chi connectivity index (χ1v) is 6.81. The second-order valence-corrected chi connectivity index (χ2v) is 5.12. The fourth-order valence-corrected chi connectivity index (χ4v) is 2.58. The number of aliphatic hydroxyl groups excluding tert-OH is 1. The average molecular weight is 294 g/mol. The van der Waals surface area contributed by atoms with Gasteiger partial charge in [-0.25, -0.2) is 4.79 Å². The van der Waals surface area contributed by atoms with Crippen LogP contribution >= 0.6 is 0 Å². The third-order valence-corrected chi connectivity index (χ3v) is 3.79. The molecule has 2 unspecified atom stereocenters. The van der Waals surface area contributed by atoms with Gasteiger partial charge >= 0.3 is 5.97 Å². The van der Waals surface area contributed by atoms with Crippen molar-refractivity contribution in [3.63, 3.8) is 0 Å². The molecule has 0 spiro atoms. The van der Waals surface area contributed by atoms with Crippen molar-refractivity contribution in [1.29, 1.82) is 0 Å². The lowest BCUT2D eigenvalue weighted by Crippen LogP contribution is -2.22. The van der Waals surface area contributed by atoms with E-state index in [0.29, 0.717) is 6.54 Å². The normalized spacial score (nSPS) is 21.0. The van der Waals surface area contributed by atoms with Gasteiger partial charge < -0.3 is 15.2 Å². The first kappa shape index (κ1) is 15.2. The first-order valence-electron chi connectivity index (χ1n) is 6.81. The number of nitro groups is 1. The van der Waals surface area contributed by atoms with Crippen LogP contribution in [-0.2, 0) is 4.74 Å². The van der Waals surface area contributed by atoms with Gasteiger partial charge in [-0.05, 0) is 25.0 Å². The van der Waals surface area contributed by atoms with E-state index in [1.165, 1.54) is 25.3 Å². The van der Waals surface area contributed by atoms with Crippen LogP contribution in [0.5, 0.6) is 0 Å². The van der Waals surface area contributed by atoms with Crippen LogP contribution < -0.4 is 5.32 Å². The maximum atomic E-state index is 11.5. The largest absolute Gasteiger partial charge is 0.465 e. The van der Waals surface area contributed by atoms with Crippen LogP contribution in [0.4, 0.5) is 11.4 Å². The molecule has 2 rings (SSSR count). The standard InChI is InChI=1S/C14H18N2O5/c1-21-14(18)9-5-6-12(16(19)20)11(7-9)15-8-10-3-2-4-13(10)17/h5-7,10,13,15,17H,2-4,8H2,1H3. The van der Waals surface area contributed by atoms with Gasteiger partial charge in [0.25, 0.3) is 5.69 Å². The molecule has 7 heteroatoms. The molecule has 0 aliphatic heterocycles. The molecule has 1 aromatic carbocycles. The highest BCUT2D eigenvalue weighted by atomic mass is 16.6. The second kappa shape index (κ2) is 6.53. The number of nitro benzene ring substituents is 1. The van der Waals surface area contributed by atoms with E-state index in [1.54, 1.807) is 0 Å². The third-order valence-electron chi connectivity index (χ3n) is 3.79. The summed E-state index contributed by atoms with van der Waals surface area (Å²) in [6.07, 6.45) is 2.23. The summed E-state index contributed by atoms with van der Waals surface area (Å²) in [7, 11) is 1.26. The SMILES string of the molecule is COC(=O)c1ccc([N+](=O)[O-])c(NCC2CCCC2O)c1. The molecule has 1 aliphatic carbocycles. The van der Waals surface area contributed by atoms with E-state index in [1.807, 2.05) is 0 Å². The van der Waals surface area contributed by atoms with E-state index in [-0.39, 0.29) is 29.0 Å². The smallest absolute Gasteiger partial charge is 0.337 e. The van der Waals surface area contributed by atoms with Crippen molar-refractivity contribution in [2.45, 2.75) is 25.4 Å². The van der Waals surface area contributed by atoms with E-state index in [0.717, 1.165) is 19.3 Å². The Bertz CT molecular complexity index is 546. The van der Waals surface area contributed by atoms with Gasteiger partial charge in [-0.3, -0.25) is 10.1 Å². The van der Waals surface area contributed by atoms with E-state index in [2.05, 4.69) is 10.1 Å². The number of methoxy groups -OCH3 is 1. The van der Waals surface area contributed by atoms with E-state index in [4.69, 9.17) is 0 Å². The summed E-state index contributed by atoms with van der Waals surface area (Å²) < 4.78 is 4.61. The molecule has 0 aromatic heterocycles. The van der Waals surface area contributed by atoms with Gasteiger partial charge in [0.2, 0.25) is 0 Å². The van der Waals surface area contributed by atoms with Crippen LogP contribution in [0.2, 0.25) is 0 Å². The molecule has 0 bridgehead atoms. The monoisotopic (exact) mass is 294 g/mol. The summed E-state index contributed by atoms with van der Waals surface area (Å²) >= 11 is 0.